The first-order valence-corrected chi connectivity index (χ1v) is 8.10. The largest absolute Gasteiger partial charge is 0.401 e. The van der Waals surface area contributed by atoms with Crippen molar-refractivity contribution in [3.8, 4) is 11.6 Å². The summed E-state index contributed by atoms with van der Waals surface area (Å²) in [4.78, 5) is 12.8. The minimum atomic E-state index is -0.280. The van der Waals surface area contributed by atoms with Crippen molar-refractivity contribution in [3.05, 3.63) is 42.3 Å². The summed E-state index contributed by atoms with van der Waals surface area (Å²) in [6.07, 6.45) is 2.02. The number of hydrogen-bond acceptors (Lipinski definition) is 6. The van der Waals surface area contributed by atoms with Gasteiger partial charge in [0.15, 0.2) is 0 Å². The fourth-order valence-electron chi connectivity index (χ4n) is 1.88. The molecule has 0 saturated heterocycles. The number of thioether (sulfide) groups is 1. The van der Waals surface area contributed by atoms with Gasteiger partial charge in [-0.3, -0.25) is 14.8 Å². The predicted octanol–water partition coefficient (Wildman–Crippen LogP) is 2.73. The molecule has 7 nitrogen and oxygen atoms in total. The normalized spacial score (nSPS) is 10.8. The molecule has 2 aromatic heterocycles. The Bertz CT molecular complexity index is 831. The molecule has 2 heterocycles. The number of amides is 1. The molecule has 0 fully saturated rings. The number of aromatic nitrogens is 4. The first kappa shape index (κ1) is 16.2. The van der Waals surface area contributed by atoms with E-state index in [1.807, 2.05) is 0 Å². The highest BCUT2D eigenvalue weighted by molar-refractivity contribution is 7.99. The van der Waals surface area contributed by atoms with Crippen LogP contribution in [0.15, 0.2) is 45.8 Å². The van der Waals surface area contributed by atoms with Crippen molar-refractivity contribution < 1.29 is 13.6 Å². The van der Waals surface area contributed by atoms with Gasteiger partial charge in [0.05, 0.1) is 0 Å². The van der Waals surface area contributed by atoms with Crippen LogP contribution in [-0.4, -0.2) is 31.6 Å². The number of carbonyl (C=O) groups excluding carboxylic acids is 1. The maximum atomic E-state index is 12.8. The van der Waals surface area contributed by atoms with Gasteiger partial charge >= 0.3 is 6.01 Å². The second kappa shape index (κ2) is 7.26. The van der Waals surface area contributed by atoms with Gasteiger partial charge in [0.2, 0.25) is 5.91 Å². The third-order valence-electron chi connectivity index (χ3n) is 3.02. The van der Waals surface area contributed by atoms with Crippen molar-refractivity contribution in [3.63, 3.8) is 0 Å². The standard InChI is InChI=1S/C15H14FN5O2S/c1-21-8-6-12(20-21)14-18-19-15(23-14)17-13(22)7-9-24-11-4-2-10(16)3-5-11/h2-6,8H,7,9H2,1H3,(H,17,19,22). The van der Waals surface area contributed by atoms with Crippen LogP contribution in [0.5, 0.6) is 0 Å². The summed E-state index contributed by atoms with van der Waals surface area (Å²) >= 11 is 1.47. The predicted molar refractivity (Wildman–Crippen MR) is 86.9 cm³/mol. The van der Waals surface area contributed by atoms with E-state index < -0.39 is 0 Å². The zero-order valence-corrected chi connectivity index (χ0v) is 13.6. The lowest BCUT2D eigenvalue weighted by Gasteiger charge is -2.01. The second-order valence-electron chi connectivity index (χ2n) is 4.89. The highest BCUT2D eigenvalue weighted by atomic mass is 32.2. The zero-order valence-electron chi connectivity index (χ0n) is 12.8. The van der Waals surface area contributed by atoms with Gasteiger partial charge in [-0.1, -0.05) is 5.10 Å². The molecule has 0 aliphatic heterocycles. The van der Waals surface area contributed by atoms with Crippen molar-refractivity contribution in [2.45, 2.75) is 11.3 Å². The topological polar surface area (TPSA) is 85.8 Å². The molecule has 0 radical (unpaired) electrons. The number of rotatable bonds is 6. The van der Waals surface area contributed by atoms with E-state index in [4.69, 9.17) is 4.42 Å². The van der Waals surface area contributed by atoms with E-state index in [9.17, 15) is 9.18 Å². The smallest absolute Gasteiger partial charge is 0.322 e. The average molecular weight is 347 g/mol. The fourth-order valence-corrected chi connectivity index (χ4v) is 2.73. The van der Waals surface area contributed by atoms with Crippen molar-refractivity contribution >= 4 is 23.7 Å². The molecule has 0 saturated carbocycles. The lowest BCUT2D eigenvalue weighted by molar-refractivity contribution is -0.115. The van der Waals surface area contributed by atoms with Crippen molar-refractivity contribution in [1.29, 1.82) is 0 Å². The minimum absolute atomic E-state index is 0.0347. The molecule has 0 aliphatic rings. The van der Waals surface area contributed by atoms with Gasteiger partial charge in [0.1, 0.15) is 11.5 Å². The molecule has 3 aromatic rings. The molecular weight excluding hydrogens is 333 g/mol. The van der Waals surface area contributed by atoms with Gasteiger partial charge in [-0.25, -0.2) is 4.39 Å². The molecule has 24 heavy (non-hydrogen) atoms. The number of aryl methyl sites for hydroxylation is 1. The van der Waals surface area contributed by atoms with Crippen molar-refractivity contribution in [1.82, 2.24) is 20.0 Å². The molecular formula is C15H14FN5O2S. The number of nitrogens with zero attached hydrogens (tertiary/aromatic N) is 4. The molecule has 0 spiro atoms. The molecule has 1 aromatic carbocycles. The van der Waals surface area contributed by atoms with Crippen LogP contribution < -0.4 is 5.32 Å². The Morgan fingerprint density at radius 2 is 2.08 bits per heavy atom. The third-order valence-corrected chi connectivity index (χ3v) is 4.03. The van der Waals surface area contributed by atoms with Crippen LogP contribution in [0.25, 0.3) is 11.6 Å². The van der Waals surface area contributed by atoms with Gasteiger partial charge < -0.3 is 4.42 Å². The SMILES string of the molecule is Cn1ccc(-c2nnc(NC(=O)CCSc3ccc(F)cc3)o2)n1. The van der Waals surface area contributed by atoms with Crippen LogP contribution >= 0.6 is 11.8 Å². The van der Waals surface area contributed by atoms with Crippen LogP contribution in [0, 0.1) is 5.82 Å². The number of nitrogens with one attached hydrogen (secondary N) is 1. The lowest BCUT2D eigenvalue weighted by atomic mass is 10.4. The average Bonchev–Trinajstić information content (AvgIpc) is 3.18. The summed E-state index contributed by atoms with van der Waals surface area (Å²) in [6, 6.07) is 7.90. The second-order valence-corrected chi connectivity index (χ2v) is 6.06. The number of carbonyl (C=O) groups is 1. The van der Waals surface area contributed by atoms with Gasteiger partial charge in [-0.05, 0) is 30.3 Å². The van der Waals surface area contributed by atoms with E-state index in [-0.39, 0.29) is 30.1 Å². The Labute approximate surface area is 141 Å². The van der Waals surface area contributed by atoms with Crippen LogP contribution in [-0.2, 0) is 11.8 Å². The van der Waals surface area contributed by atoms with Gasteiger partial charge in [0.25, 0.3) is 5.89 Å². The molecule has 0 aliphatic carbocycles. The summed E-state index contributed by atoms with van der Waals surface area (Å²) in [5.41, 5.74) is 0.539. The molecule has 1 N–H and O–H groups in total. The van der Waals surface area contributed by atoms with E-state index in [0.29, 0.717) is 11.4 Å². The summed E-state index contributed by atoms with van der Waals surface area (Å²) < 4.78 is 19.8. The van der Waals surface area contributed by atoms with E-state index >= 15 is 0 Å². The van der Waals surface area contributed by atoms with Crippen LogP contribution in [0.3, 0.4) is 0 Å². The minimum Gasteiger partial charge on any atom is -0.401 e. The van der Waals surface area contributed by atoms with E-state index in [2.05, 4.69) is 20.6 Å². The van der Waals surface area contributed by atoms with E-state index in [1.165, 1.54) is 23.9 Å². The van der Waals surface area contributed by atoms with Crippen LogP contribution in [0.4, 0.5) is 10.4 Å². The Morgan fingerprint density at radius 3 is 2.79 bits per heavy atom. The maximum absolute atomic E-state index is 12.8. The van der Waals surface area contributed by atoms with Crippen LogP contribution in [0.1, 0.15) is 6.42 Å². The van der Waals surface area contributed by atoms with Gasteiger partial charge in [-0.2, -0.15) is 5.10 Å². The van der Waals surface area contributed by atoms with E-state index in [0.717, 1.165) is 4.90 Å². The number of hydrogen-bond donors (Lipinski definition) is 1. The molecule has 124 valence electrons. The molecule has 3 rings (SSSR count). The van der Waals surface area contributed by atoms with Crippen molar-refractivity contribution in [2.75, 3.05) is 11.1 Å². The summed E-state index contributed by atoms with van der Waals surface area (Å²) in [5, 5.41) is 14.3. The van der Waals surface area contributed by atoms with E-state index in [1.54, 1.807) is 36.1 Å². The number of halogens is 1. The molecule has 1 amide bonds. The quantitative estimate of drug-likeness (QED) is 0.690. The molecule has 0 unspecified atom stereocenters. The number of anilines is 1. The molecule has 0 bridgehead atoms. The Morgan fingerprint density at radius 1 is 1.29 bits per heavy atom. The van der Waals surface area contributed by atoms with Gasteiger partial charge in [0, 0.05) is 30.3 Å². The number of benzene rings is 1. The summed E-state index contributed by atoms with van der Waals surface area (Å²) in [5.74, 6) is 0.281. The zero-order chi connectivity index (χ0) is 16.9. The maximum Gasteiger partial charge on any atom is 0.322 e. The Hall–Kier alpha value is -2.68. The first-order chi connectivity index (χ1) is 11.6. The fraction of sp³-hybridized carbons (Fsp3) is 0.200. The summed E-state index contributed by atoms with van der Waals surface area (Å²) in [7, 11) is 1.78. The Kier molecular flexibility index (Phi) is 4.90. The summed E-state index contributed by atoms with van der Waals surface area (Å²) in [6.45, 7) is 0. The monoisotopic (exact) mass is 347 g/mol. The Balaban J connectivity index is 1.48. The highest BCUT2D eigenvalue weighted by Gasteiger charge is 2.13. The van der Waals surface area contributed by atoms with Crippen molar-refractivity contribution in [2.24, 2.45) is 7.05 Å². The molecule has 9 heteroatoms. The lowest BCUT2D eigenvalue weighted by Crippen LogP contribution is -2.12. The first-order valence-electron chi connectivity index (χ1n) is 7.12. The third kappa shape index (κ3) is 4.19. The van der Waals surface area contributed by atoms with Crippen LogP contribution in [0.2, 0.25) is 0 Å². The molecule has 0 atom stereocenters. The van der Waals surface area contributed by atoms with Gasteiger partial charge in [-0.15, -0.1) is 16.9 Å². The highest BCUT2D eigenvalue weighted by Crippen LogP contribution is 2.20.